The highest BCUT2D eigenvalue weighted by atomic mass is 19.4. The Morgan fingerprint density at radius 2 is 1.45 bits per heavy atom. The Morgan fingerprint density at radius 1 is 0.795 bits per heavy atom. The molecule has 0 aliphatic carbocycles. The fraction of sp³-hybridized carbons (Fsp3) is 0.0588. The number of aromatic nitrogens is 2. The van der Waals surface area contributed by atoms with Crippen LogP contribution in [0.25, 0.3) is 50.2 Å². The maximum atomic E-state index is 15.5. The van der Waals surface area contributed by atoms with Crippen molar-refractivity contribution in [3.05, 3.63) is 125 Å². The summed E-state index contributed by atoms with van der Waals surface area (Å²) in [4.78, 5) is 0. The molecule has 2 aromatic heterocycles. The van der Waals surface area contributed by atoms with Crippen LogP contribution in [0.3, 0.4) is 0 Å². The van der Waals surface area contributed by atoms with E-state index in [1.54, 1.807) is 55.5 Å². The number of nitriles is 2. The number of aryl methyl sites for hydroxylation is 1. The molecule has 4 aromatic carbocycles. The Labute approximate surface area is 246 Å². The van der Waals surface area contributed by atoms with Crippen LogP contribution >= 0.6 is 0 Å². The molecule has 0 aliphatic heterocycles. The molecule has 0 amide bonds. The van der Waals surface area contributed by atoms with Gasteiger partial charge in [0.15, 0.2) is 11.6 Å². The zero-order valence-corrected chi connectivity index (χ0v) is 22.8. The molecule has 44 heavy (non-hydrogen) atoms. The van der Waals surface area contributed by atoms with Crippen molar-refractivity contribution < 1.29 is 26.3 Å². The molecule has 0 atom stereocenters. The average Bonchev–Trinajstić information content (AvgIpc) is 3.46. The van der Waals surface area contributed by atoms with Gasteiger partial charge < -0.3 is 9.13 Å². The molecule has 216 valence electrons. The van der Waals surface area contributed by atoms with Crippen LogP contribution in [0.5, 0.6) is 0 Å². The first-order chi connectivity index (χ1) is 21.0. The monoisotopic (exact) mass is 596 g/mol. The third-order valence-electron chi connectivity index (χ3n) is 7.55. The molecule has 4 nitrogen and oxygen atoms in total. The van der Waals surface area contributed by atoms with Gasteiger partial charge in [-0.1, -0.05) is 49.1 Å². The van der Waals surface area contributed by atoms with E-state index in [1.165, 1.54) is 27.4 Å². The Hall–Kier alpha value is -5.74. The summed E-state index contributed by atoms with van der Waals surface area (Å²) in [6, 6.07) is 16.2. The zero-order chi connectivity index (χ0) is 31.5. The number of hydrogen-bond acceptors (Lipinski definition) is 2. The summed E-state index contributed by atoms with van der Waals surface area (Å²) in [7, 11) is 0. The smallest absolute Gasteiger partial charge is 0.306 e. The predicted octanol–water partition coefficient (Wildman–Crippen LogP) is 9.41. The number of para-hydroxylation sites is 1. The van der Waals surface area contributed by atoms with Crippen molar-refractivity contribution in [2.75, 3.05) is 0 Å². The normalized spacial score (nSPS) is 11.9. The zero-order valence-electron chi connectivity index (χ0n) is 22.8. The molecule has 0 N–H and O–H groups in total. The maximum Gasteiger partial charge on any atom is 0.418 e. The van der Waals surface area contributed by atoms with Gasteiger partial charge in [0.2, 0.25) is 0 Å². The van der Waals surface area contributed by atoms with Gasteiger partial charge in [-0.15, -0.1) is 0 Å². The predicted molar refractivity (Wildman–Crippen MR) is 156 cm³/mol. The number of nitrogens with zero attached hydrogens (tertiary/aromatic N) is 4. The van der Waals surface area contributed by atoms with Crippen molar-refractivity contribution in [1.29, 1.82) is 10.5 Å². The van der Waals surface area contributed by atoms with Crippen molar-refractivity contribution >= 4 is 38.8 Å². The molecule has 0 spiro atoms. The van der Waals surface area contributed by atoms with E-state index in [4.69, 9.17) is 0 Å². The van der Waals surface area contributed by atoms with Gasteiger partial charge in [-0.3, -0.25) is 0 Å². The number of benzene rings is 4. The molecule has 2 heterocycles. The molecule has 0 bridgehead atoms. The molecule has 6 rings (SSSR count). The molecule has 0 saturated heterocycles. The molecular formula is C34H18F6N4. The highest BCUT2D eigenvalue weighted by molar-refractivity contribution is 6.19. The number of alkyl halides is 3. The van der Waals surface area contributed by atoms with E-state index >= 15 is 8.78 Å². The van der Waals surface area contributed by atoms with Crippen LogP contribution < -0.4 is 0 Å². The van der Waals surface area contributed by atoms with Gasteiger partial charge in [0.1, 0.15) is 17.6 Å². The highest BCUT2D eigenvalue weighted by Crippen LogP contribution is 2.45. The van der Waals surface area contributed by atoms with Gasteiger partial charge in [-0.2, -0.15) is 23.7 Å². The van der Waals surface area contributed by atoms with Gasteiger partial charge in [-0.05, 0) is 36.8 Å². The summed E-state index contributed by atoms with van der Waals surface area (Å²) in [6.45, 7) is 5.32. The summed E-state index contributed by atoms with van der Waals surface area (Å²) >= 11 is 0. The summed E-state index contributed by atoms with van der Waals surface area (Å²) in [6.07, 6.45) is -0.564. The van der Waals surface area contributed by atoms with Gasteiger partial charge >= 0.3 is 6.18 Å². The topological polar surface area (TPSA) is 57.4 Å². The minimum Gasteiger partial charge on any atom is -0.306 e. The Morgan fingerprint density at radius 3 is 2.09 bits per heavy atom. The molecule has 0 aliphatic rings. The summed E-state index contributed by atoms with van der Waals surface area (Å²) in [5, 5.41) is 20.9. The van der Waals surface area contributed by atoms with E-state index in [1.807, 2.05) is 0 Å². The lowest BCUT2D eigenvalue weighted by molar-refractivity contribution is -0.137. The number of rotatable bonds is 4. The Balaban J connectivity index is 1.97. The molecular weight excluding hydrogens is 578 g/mol. The van der Waals surface area contributed by atoms with Gasteiger partial charge in [-0.25, -0.2) is 13.2 Å². The quantitative estimate of drug-likeness (QED) is 0.150. The van der Waals surface area contributed by atoms with Crippen molar-refractivity contribution in [3.8, 4) is 23.5 Å². The van der Waals surface area contributed by atoms with Gasteiger partial charge in [0, 0.05) is 34.0 Å². The maximum absolute atomic E-state index is 15.5. The van der Waals surface area contributed by atoms with Gasteiger partial charge in [0.05, 0.1) is 45.0 Å². The van der Waals surface area contributed by atoms with Gasteiger partial charge in [0.25, 0.3) is 0 Å². The van der Waals surface area contributed by atoms with Crippen LogP contribution in [0.4, 0.5) is 26.3 Å². The van der Waals surface area contributed by atoms with E-state index in [2.05, 4.69) is 6.58 Å². The van der Waals surface area contributed by atoms with E-state index in [-0.39, 0.29) is 22.3 Å². The van der Waals surface area contributed by atoms with Crippen LogP contribution in [-0.2, 0) is 6.18 Å². The van der Waals surface area contributed by atoms with Crippen molar-refractivity contribution in [2.24, 2.45) is 0 Å². The lowest BCUT2D eigenvalue weighted by atomic mass is 10.0. The number of allylic oxidation sites excluding steroid dienone is 2. The second kappa shape index (κ2) is 10.2. The number of fused-ring (bicyclic) bond motifs is 5. The van der Waals surface area contributed by atoms with Crippen LogP contribution in [0.2, 0.25) is 0 Å². The van der Waals surface area contributed by atoms with E-state index in [9.17, 15) is 28.1 Å². The first-order valence-electron chi connectivity index (χ1n) is 13.1. The summed E-state index contributed by atoms with van der Waals surface area (Å²) < 4.78 is 91.6. The van der Waals surface area contributed by atoms with Crippen molar-refractivity contribution in [1.82, 2.24) is 9.13 Å². The SMILES string of the molecule is C=C/C=C\c1c(C)c2ccc3c4ccccc4n(-c4c(F)cc(F)cc4F)c3c2n1-c1c(C#N)cc(C#N)cc1C(F)(F)F. The second-order valence-corrected chi connectivity index (χ2v) is 10.0. The van der Waals surface area contributed by atoms with E-state index in [0.717, 1.165) is 6.07 Å². The average molecular weight is 597 g/mol. The third-order valence-corrected chi connectivity index (χ3v) is 7.55. The molecule has 0 radical (unpaired) electrons. The summed E-state index contributed by atoms with van der Waals surface area (Å²) in [5.74, 6) is -3.59. The lowest BCUT2D eigenvalue weighted by Crippen LogP contribution is -2.14. The molecule has 6 aromatic rings. The van der Waals surface area contributed by atoms with Crippen molar-refractivity contribution in [3.63, 3.8) is 0 Å². The largest absolute Gasteiger partial charge is 0.418 e. The fourth-order valence-corrected chi connectivity index (χ4v) is 5.81. The van der Waals surface area contributed by atoms with Crippen LogP contribution in [0.1, 0.15) is 27.9 Å². The van der Waals surface area contributed by atoms with Crippen LogP contribution in [0.15, 0.2) is 79.4 Å². The minimum absolute atomic E-state index is 0.106. The number of hydrogen-bond donors (Lipinski definition) is 0. The lowest BCUT2D eigenvalue weighted by Gasteiger charge is -2.19. The molecule has 0 fully saturated rings. The summed E-state index contributed by atoms with van der Waals surface area (Å²) in [5.41, 5.74) is -1.99. The Bertz CT molecular complexity index is 2280. The van der Waals surface area contributed by atoms with Crippen molar-refractivity contribution in [2.45, 2.75) is 13.1 Å². The van der Waals surface area contributed by atoms with E-state index in [0.29, 0.717) is 45.4 Å². The second-order valence-electron chi connectivity index (χ2n) is 10.0. The molecule has 0 saturated carbocycles. The third kappa shape index (κ3) is 4.15. The minimum atomic E-state index is -5.01. The highest BCUT2D eigenvalue weighted by Gasteiger charge is 2.37. The standard InChI is InChI=1S/C34H18F6N4/c1-3-4-8-28-18(2)22-10-11-24-23-7-5-6-9-29(23)44(33-26(36)14-21(35)15-27(33)37)32(24)31(22)43(28)30-20(17-42)12-19(16-41)13-25(30)34(38,39)40/h3-15H,1H2,2H3/b8-4-. The van der Waals surface area contributed by atoms with Crippen LogP contribution in [0, 0.1) is 47.0 Å². The Kier molecular flexibility index (Phi) is 6.59. The molecule has 0 unspecified atom stereocenters. The first kappa shape index (κ1) is 28.4. The fourth-order valence-electron chi connectivity index (χ4n) is 5.81. The molecule has 10 heteroatoms. The first-order valence-corrected chi connectivity index (χ1v) is 13.1. The van der Waals surface area contributed by atoms with E-state index < -0.39 is 46.1 Å². The van der Waals surface area contributed by atoms with Crippen LogP contribution in [-0.4, -0.2) is 9.13 Å². The number of halogens is 6.